The van der Waals surface area contributed by atoms with Crippen molar-refractivity contribution < 1.29 is 4.52 Å². The molecule has 0 amide bonds. The summed E-state index contributed by atoms with van der Waals surface area (Å²) in [6, 6.07) is 2.07. The van der Waals surface area contributed by atoms with E-state index in [4.69, 9.17) is 4.52 Å². The fraction of sp³-hybridized carbons (Fsp3) is 0.727. The van der Waals surface area contributed by atoms with Crippen molar-refractivity contribution in [3.05, 3.63) is 17.5 Å². The van der Waals surface area contributed by atoms with Crippen LogP contribution in [0, 0.1) is 6.92 Å². The average Bonchev–Trinajstić information content (AvgIpc) is 2.74. The maximum absolute atomic E-state index is 5.30. The Kier molecular flexibility index (Phi) is 2.87. The smallest absolute Gasteiger partial charge is 0.141 e. The van der Waals surface area contributed by atoms with E-state index in [1.165, 1.54) is 25.9 Å². The number of aromatic nitrogens is 1. The summed E-state index contributed by atoms with van der Waals surface area (Å²) in [6.45, 7) is 7.77. The van der Waals surface area contributed by atoms with Crippen LogP contribution < -0.4 is 0 Å². The molecule has 0 aromatic carbocycles. The standard InChI is InChI=1S/C11H18N2O/c1-3-5-13-6-4-10(8-13)11-7-9(2)12-14-11/h7,10H,3-6,8H2,1-2H3/t10-/m0/s1. The molecule has 0 N–H and O–H groups in total. The second-order valence-electron chi connectivity index (χ2n) is 4.16. The second-order valence-corrected chi connectivity index (χ2v) is 4.16. The van der Waals surface area contributed by atoms with Crippen molar-refractivity contribution in [2.45, 2.75) is 32.6 Å². The number of likely N-dealkylation sites (tertiary alicyclic amines) is 1. The lowest BCUT2D eigenvalue weighted by Gasteiger charge is -2.12. The van der Waals surface area contributed by atoms with Gasteiger partial charge in [0, 0.05) is 18.5 Å². The van der Waals surface area contributed by atoms with Crippen LogP contribution in [0.15, 0.2) is 10.6 Å². The van der Waals surface area contributed by atoms with Crippen molar-refractivity contribution in [3.8, 4) is 0 Å². The van der Waals surface area contributed by atoms with Crippen molar-refractivity contribution in [2.24, 2.45) is 0 Å². The molecule has 0 bridgehead atoms. The summed E-state index contributed by atoms with van der Waals surface area (Å²) in [5, 5.41) is 3.94. The first-order valence-electron chi connectivity index (χ1n) is 5.45. The van der Waals surface area contributed by atoms with Gasteiger partial charge in [0.1, 0.15) is 5.76 Å². The Labute approximate surface area is 85.1 Å². The molecule has 2 heterocycles. The molecule has 1 atom stereocenters. The fourth-order valence-corrected chi connectivity index (χ4v) is 2.16. The SMILES string of the molecule is CCCN1CC[C@H](c2cc(C)no2)C1. The van der Waals surface area contributed by atoms with Gasteiger partial charge >= 0.3 is 0 Å². The molecule has 78 valence electrons. The zero-order chi connectivity index (χ0) is 9.97. The molecule has 0 aliphatic carbocycles. The topological polar surface area (TPSA) is 29.3 Å². The quantitative estimate of drug-likeness (QED) is 0.738. The highest BCUT2D eigenvalue weighted by atomic mass is 16.5. The molecule has 2 rings (SSSR count). The summed E-state index contributed by atoms with van der Waals surface area (Å²) in [7, 11) is 0. The number of nitrogens with zero attached hydrogens (tertiary/aromatic N) is 2. The number of hydrogen-bond acceptors (Lipinski definition) is 3. The van der Waals surface area contributed by atoms with Gasteiger partial charge in [0.2, 0.25) is 0 Å². The Hall–Kier alpha value is -0.830. The van der Waals surface area contributed by atoms with Crippen LogP contribution in [-0.2, 0) is 0 Å². The Morgan fingerprint density at radius 1 is 1.64 bits per heavy atom. The van der Waals surface area contributed by atoms with E-state index in [0.717, 1.165) is 18.0 Å². The lowest BCUT2D eigenvalue weighted by atomic mass is 10.1. The summed E-state index contributed by atoms with van der Waals surface area (Å²) in [5.41, 5.74) is 0.994. The van der Waals surface area contributed by atoms with Crippen LogP contribution in [0.3, 0.4) is 0 Å². The number of hydrogen-bond donors (Lipinski definition) is 0. The molecule has 14 heavy (non-hydrogen) atoms. The fourth-order valence-electron chi connectivity index (χ4n) is 2.16. The summed E-state index contributed by atoms with van der Waals surface area (Å²) >= 11 is 0. The van der Waals surface area contributed by atoms with E-state index in [-0.39, 0.29) is 0 Å². The summed E-state index contributed by atoms with van der Waals surface area (Å²) in [5.74, 6) is 1.64. The van der Waals surface area contributed by atoms with Gasteiger partial charge in [0.15, 0.2) is 0 Å². The molecule has 1 aromatic heterocycles. The number of aryl methyl sites for hydroxylation is 1. The molecular formula is C11H18N2O. The van der Waals surface area contributed by atoms with Crippen LogP contribution >= 0.6 is 0 Å². The predicted octanol–water partition coefficient (Wildman–Crippen LogP) is 2.18. The average molecular weight is 194 g/mol. The van der Waals surface area contributed by atoms with Crippen molar-refractivity contribution >= 4 is 0 Å². The number of rotatable bonds is 3. The lowest BCUT2D eigenvalue weighted by molar-refractivity contribution is 0.318. The highest BCUT2D eigenvalue weighted by Gasteiger charge is 2.25. The maximum Gasteiger partial charge on any atom is 0.141 e. The summed E-state index contributed by atoms with van der Waals surface area (Å²) in [6.07, 6.45) is 2.46. The predicted molar refractivity (Wildman–Crippen MR) is 55.3 cm³/mol. The second kappa shape index (κ2) is 4.13. The summed E-state index contributed by atoms with van der Waals surface area (Å²) in [4.78, 5) is 2.50. The van der Waals surface area contributed by atoms with Gasteiger partial charge in [-0.05, 0) is 32.9 Å². The Morgan fingerprint density at radius 3 is 3.14 bits per heavy atom. The monoisotopic (exact) mass is 194 g/mol. The first kappa shape index (κ1) is 9.71. The molecule has 0 radical (unpaired) electrons. The summed E-state index contributed by atoms with van der Waals surface area (Å²) < 4.78 is 5.30. The van der Waals surface area contributed by atoms with Gasteiger partial charge in [-0.3, -0.25) is 0 Å². The van der Waals surface area contributed by atoms with E-state index >= 15 is 0 Å². The zero-order valence-electron chi connectivity index (χ0n) is 8.99. The third-order valence-corrected chi connectivity index (χ3v) is 2.86. The van der Waals surface area contributed by atoms with Gasteiger partial charge in [-0.1, -0.05) is 12.1 Å². The van der Waals surface area contributed by atoms with Crippen LogP contribution in [0.2, 0.25) is 0 Å². The minimum Gasteiger partial charge on any atom is -0.361 e. The first-order valence-corrected chi connectivity index (χ1v) is 5.45. The van der Waals surface area contributed by atoms with Crippen molar-refractivity contribution in [2.75, 3.05) is 19.6 Å². The van der Waals surface area contributed by atoms with Crippen molar-refractivity contribution in [1.82, 2.24) is 10.1 Å². The molecule has 0 unspecified atom stereocenters. The van der Waals surface area contributed by atoms with Gasteiger partial charge in [0.05, 0.1) is 5.69 Å². The van der Waals surface area contributed by atoms with E-state index in [0.29, 0.717) is 5.92 Å². The van der Waals surface area contributed by atoms with E-state index in [2.05, 4.69) is 23.0 Å². The van der Waals surface area contributed by atoms with Crippen LogP contribution in [0.4, 0.5) is 0 Å². The molecule has 1 aliphatic rings. The Balaban J connectivity index is 1.95. The lowest BCUT2D eigenvalue weighted by Crippen LogP contribution is -2.20. The molecule has 0 spiro atoms. The maximum atomic E-state index is 5.30. The molecule has 3 nitrogen and oxygen atoms in total. The molecule has 3 heteroatoms. The highest BCUT2D eigenvalue weighted by molar-refractivity contribution is 5.10. The van der Waals surface area contributed by atoms with Crippen LogP contribution in [0.5, 0.6) is 0 Å². The van der Waals surface area contributed by atoms with E-state index in [1.54, 1.807) is 0 Å². The molecule has 1 fully saturated rings. The van der Waals surface area contributed by atoms with Crippen molar-refractivity contribution in [1.29, 1.82) is 0 Å². The van der Waals surface area contributed by atoms with E-state index in [1.807, 2.05) is 6.92 Å². The van der Waals surface area contributed by atoms with Gasteiger partial charge in [-0.15, -0.1) is 0 Å². The van der Waals surface area contributed by atoms with E-state index < -0.39 is 0 Å². The van der Waals surface area contributed by atoms with Gasteiger partial charge in [-0.25, -0.2) is 0 Å². The van der Waals surface area contributed by atoms with Gasteiger partial charge in [-0.2, -0.15) is 0 Å². The zero-order valence-corrected chi connectivity index (χ0v) is 8.99. The van der Waals surface area contributed by atoms with Crippen LogP contribution in [0.1, 0.15) is 37.1 Å². The van der Waals surface area contributed by atoms with Crippen molar-refractivity contribution in [3.63, 3.8) is 0 Å². The van der Waals surface area contributed by atoms with E-state index in [9.17, 15) is 0 Å². The molecule has 1 saturated heterocycles. The third-order valence-electron chi connectivity index (χ3n) is 2.86. The van der Waals surface area contributed by atoms with Gasteiger partial charge < -0.3 is 9.42 Å². The minimum absolute atomic E-state index is 0.572. The third kappa shape index (κ3) is 1.98. The molecular weight excluding hydrogens is 176 g/mol. The normalized spacial score (nSPS) is 23.1. The van der Waals surface area contributed by atoms with Crippen LogP contribution in [0.25, 0.3) is 0 Å². The van der Waals surface area contributed by atoms with Gasteiger partial charge in [0.25, 0.3) is 0 Å². The highest BCUT2D eigenvalue weighted by Crippen LogP contribution is 2.27. The largest absolute Gasteiger partial charge is 0.361 e. The minimum atomic E-state index is 0.572. The first-order chi connectivity index (χ1) is 6.79. The Morgan fingerprint density at radius 2 is 2.50 bits per heavy atom. The molecule has 1 aromatic rings. The van der Waals surface area contributed by atoms with Crippen LogP contribution in [-0.4, -0.2) is 29.7 Å². The molecule has 0 saturated carbocycles. The Bertz CT molecular complexity index is 295. The molecule has 1 aliphatic heterocycles.